The molecule has 1 aliphatic heterocycles. The van der Waals surface area contributed by atoms with Gasteiger partial charge in [0.25, 0.3) is 5.91 Å². The smallest absolute Gasteiger partial charge is 0.257 e. The van der Waals surface area contributed by atoms with Crippen LogP contribution in [-0.4, -0.2) is 45.8 Å². The van der Waals surface area contributed by atoms with Crippen molar-refractivity contribution in [1.29, 1.82) is 0 Å². The molecule has 0 saturated carbocycles. The van der Waals surface area contributed by atoms with Crippen LogP contribution in [0, 0.1) is 0 Å². The predicted molar refractivity (Wildman–Crippen MR) is 97.5 cm³/mol. The lowest BCUT2D eigenvalue weighted by Crippen LogP contribution is -2.36. The molecule has 26 heavy (non-hydrogen) atoms. The third kappa shape index (κ3) is 3.27. The van der Waals surface area contributed by atoms with Gasteiger partial charge in [0.15, 0.2) is 11.5 Å². The number of rotatable bonds is 5. The van der Waals surface area contributed by atoms with E-state index in [9.17, 15) is 4.79 Å². The highest BCUT2D eigenvalue weighted by atomic mass is 16.5. The van der Waals surface area contributed by atoms with Gasteiger partial charge in [-0.25, -0.2) is 0 Å². The average Bonchev–Trinajstić information content (AvgIpc) is 2.71. The van der Waals surface area contributed by atoms with Crippen molar-refractivity contribution in [3.8, 4) is 23.0 Å². The normalized spacial score (nSPS) is 13.0. The number of hydrogen-bond donors (Lipinski definition) is 0. The molecule has 0 fully saturated rings. The van der Waals surface area contributed by atoms with Gasteiger partial charge >= 0.3 is 0 Å². The van der Waals surface area contributed by atoms with Crippen molar-refractivity contribution in [2.45, 2.75) is 13.0 Å². The number of amides is 1. The maximum absolute atomic E-state index is 13.0. The summed E-state index contributed by atoms with van der Waals surface area (Å²) < 4.78 is 21.3. The van der Waals surface area contributed by atoms with Crippen molar-refractivity contribution in [1.82, 2.24) is 4.90 Å². The van der Waals surface area contributed by atoms with E-state index in [1.54, 1.807) is 46.6 Å². The summed E-state index contributed by atoms with van der Waals surface area (Å²) in [6, 6.07) is 9.16. The fourth-order valence-electron chi connectivity index (χ4n) is 3.20. The Hall–Kier alpha value is -2.89. The van der Waals surface area contributed by atoms with Gasteiger partial charge in [0.1, 0.15) is 11.5 Å². The van der Waals surface area contributed by atoms with Crippen LogP contribution in [0.3, 0.4) is 0 Å². The Morgan fingerprint density at radius 2 is 1.50 bits per heavy atom. The molecule has 2 aromatic carbocycles. The summed E-state index contributed by atoms with van der Waals surface area (Å²) in [6.07, 6.45) is 0.764. The fourth-order valence-corrected chi connectivity index (χ4v) is 3.20. The Morgan fingerprint density at radius 3 is 2.12 bits per heavy atom. The number of methoxy groups -OCH3 is 4. The van der Waals surface area contributed by atoms with Gasteiger partial charge in [-0.2, -0.15) is 0 Å². The first-order chi connectivity index (χ1) is 12.6. The van der Waals surface area contributed by atoms with Crippen LogP contribution in [0.15, 0.2) is 30.3 Å². The van der Waals surface area contributed by atoms with E-state index in [1.165, 1.54) is 5.56 Å². The average molecular weight is 357 g/mol. The molecule has 0 aromatic heterocycles. The van der Waals surface area contributed by atoms with Crippen molar-refractivity contribution in [3.63, 3.8) is 0 Å². The van der Waals surface area contributed by atoms with Crippen LogP contribution >= 0.6 is 0 Å². The first kappa shape index (κ1) is 17.9. The third-order valence-electron chi connectivity index (χ3n) is 4.64. The molecule has 1 aliphatic rings. The van der Waals surface area contributed by atoms with Crippen LogP contribution in [0.1, 0.15) is 21.5 Å². The van der Waals surface area contributed by atoms with Crippen LogP contribution in [-0.2, 0) is 13.0 Å². The lowest BCUT2D eigenvalue weighted by Gasteiger charge is -2.30. The molecule has 6 nitrogen and oxygen atoms in total. The van der Waals surface area contributed by atoms with Crippen molar-refractivity contribution in [2.24, 2.45) is 0 Å². The highest BCUT2D eigenvalue weighted by Crippen LogP contribution is 2.34. The van der Waals surface area contributed by atoms with E-state index < -0.39 is 0 Å². The zero-order valence-corrected chi connectivity index (χ0v) is 15.5. The minimum atomic E-state index is -0.0649. The van der Waals surface area contributed by atoms with E-state index in [0.717, 1.165) is 12.0 Å². The summed E-state index contributed by atoms with van der Waals surface area (Å²) >= 11 is 0. The number of ether oxygens (including phenoxy) is 4. The lowest BCUT2D eigenvalue weighted by molar-refractivity contribution is 0.0731. The summed E-state index contributed by atoms with van der Waals surface area (Å²) in [7, 11) is 6.37. The molecule has 1 amide bonds. The maximum atomic E-state index is 13.0. The molecule has 1 heterocycles. The monoisotopic (exact) mass is 357 g/mol. The summed E-state index contributed by atoms with van der Waals surface area (Å²) in [4.78, 5) is 14.8. The summed E-state index contributed by atoms with van der Waals surface area (Å²) in [6.45, 7) is 1.15. The quantitative estimate of drug-likeness (QED) is 0.824. The van der Waals surface area contributed by atoms with E-state index in [-0.39, 0.29) is 5.91 Å². The van der Waals surface area contributed by atoms with Crippen LogP contribution in [0.25, 0.3) is 0 Å². The SMILES string of the molecule is COc1ccc(C(=O)N2CCc3cc(OC)c(OC)cc3C2)c(OC)c1. The molecule has 0 spiro atoms. The maximum Gasteiger partial charge on any atom is 0.257 e. The molecule has 3 rings (SSSR count). The van der Waals surface area contributed by atoms with Crippen LogP contribution in [0.4, 0.5) is 0 Å². The minimum absolute atomic E-state index is 0.0649. The first-order valence-corrected chi connectivity index (χ1v) is 8.36. The Balaban J connectivity index is 1.87. The van der Waals surface area contributed by atoms with Crippen molar-refractivity contribution < 1.29 is 23.7 Å². The second kappa shape index (κ2) is 7.56. The minimum Gasteiger partial charge on any atom is -0.497 e. The Morgan fingerprint density at radius 1 is 0.846 bits per heavy atom. The predicted octanol–water partition coefficient (Wildman–Crippen LogP) is 2.92. The van der Waals surface area contributed by atoms with Crippen molar-refractivity contribution in [3.05, 3.63) is 47.0 Å². The highest BCUT2D eigenvalue weighted by Gasteiger charge is 2.25. The summed E-state index contributed by atoms with van der Waals surface area (Å²) in [5, 5.41) is 0. The fraction of sp³-hybridized carbons (Fsp3) is 0.350. The molecule has 138 valence electrons. The van der Waals surface area contributed by atoms with Gasteiger partial charge in [0, 0.05) is 19.2 Å². The Bertz CT molecular complexity index is 818. The zero-order valence-electron chi connectivity index (χ0n) is 15.5. The van der Waals surface area contributed by atoms with Crippen molar-refractivity contribution in [2.75, 3.05) is 35.0 Å². The number of carbonyl (C=O) groups excluding carboxylic acids is 1. The number of carbonyl (C=O) groups is 1. The Kier molecular flexibility index (Phi) is 5.21. The molecule has 0 atom stereocenters. The van der Waals surface area contributed by atoms with Crippen molar-refractivity contribution >= 4 is 5.91 Å². The van der Waals surface area contributed by atoms with E-state index in [2.05, 4.69) is 0 Å². The van der Waals surface area contributed by atoms with E-state index >= 15 is 0 Å². The highest BCUT2D eigenvalue weighted by molar-refractivity contribution is 5.97. The number of benzene rings is 2. The van der Waals surface area contributed by atoms with E-state index in [0.29, 0.717) is 41.7 Å². The number of nitrogens with zero attached hydrogens (tertiary/aromatic N) is 1. The van der Waals surface area contributed by atoms with E-state index in [4.69, 9.17) is 18.9 Å². The molecule has 0 unspecified atom stereocenters. The second-order valence-electron chi connectivity index (χ2n) is 6.02. The number of fused-ring (bicyclic) bond motifs is 1. The zero-order chi connectivity index (χ0) is 18.7. The standard InChI is InChI=1S/C20H23NO5/c1-23-15-5-6-16(17(11-15)24-2)20(22)21-8-7-13-9-18(25-3)19(26-4)10-14(13)12-21/h5-6,9-11H,7-8,12H2,1-4H3. The summed E-state index contributed by atoms with van der Waals surface area (Å²) in [5.41, 5.74) is 2.76. The molecule has 0 radical (unpaired) electrons. The molecular formula is C20H23NO5. The Labute approximate surface area is 153 Å². The molecule has 6 heteroatoms. The van der Waals surface area contributed by atoms with Gasteiger partial charge in [-0.3, -0.25) is 4.79 Å². The molecule has 0 N–H and O–H groups in total. The second-order valence-corrected chi connectivity index (χ2v) is 6.02. The van der Waals surface area contributed by atoms with Crippen LogP contribution in [0.2, 0.25) is 0 Å². The molecule has 0 saturated heterocycles. The molecular weight excluding hydrogens is 334 g/mol. The third-order valence-corrected chi connectivity index (χ3v) is 4.64. The van der Waals surface area contributed by atoms with E-state index in [1.807, 2.05) is 17.0 Å². The molecule has 0 aliphatic carbocycles. The van der Waals surface area contributed by atoms with Crippen LogP contribution < -0.4 is 18.9 Å². The van der Waals surface area contributed by atoms with Gasteiger partial charge in [-0.15, -0.1) is 0 Å². The van der Waals surface area contributed by atoms with Gasteiger partial charge in [-0.1, -0.05) is 0 Å². The van der Waals surface area contributed by atoms with Gasteiger partial charge in [0.2, 0.25) is 0 Å². The molecule has 2 aromatic rings. The van der Waals surface area contributed by atoms with Gasteiger partial charge in [0.05, 0.1) is 34.0 Å². The first-order valence-electron chi connectivity index (χ1n) is 8.36. The summed E-state index contributed by atoms with van der Waals surface area (Å²) in [5.74, 6) is 2.47. The molecule has 0 bridgehead atoms. The lowest BCUT2D eigenvalue weighted by atomic mass is 9.98. The number of hydrogen-bond acceptors (Lipinski definition) is 5. The topological polar surface area (TPSA) is 57.2 Å². The largest absolute Gasteiger partial charge is 0.497 e. The van der Waals surface area contributed by atoms with Crippen LogP contribution in [0.5, 0.6) is 23.0 Å². The van der Waals surface area contributed by atoms with Gasteiger partial charge in [-0.05, 0) is 41.8 Å². The van der Waals surface area contributed by atoms with Gasteiger partial charge < -0.3 is 23.8 Å².